The Kier molecular flexibility index (Phi) is 4.08. The van der Waals surface area contributed by atoms with Crippen molar-refractivity contribution in [1.82, 2.24) is 4.90 Å². The highest BCUT2D eigenvalue weighted by molar-refractivity contribution is 5.25. The molecule has 100 valence electrons. The maximum absolute atomic E-state index is 6.43. The Morgan fingerprint density at radius 3 is 2.44 bits per heavy atom. The van der Waals surface area contributed by atoms with E-state index in [-0.39, 0.29) is 5.54 Å². The number of aryl methyl sites for hydroxylation is 1. The quantitative estimate of drug-likeness (QED) is 0.885. The number of likely N-dealkylation sites (N-methyl/N-ethyl adjacent to an activating group) is 1. The van der Waals surface area contributed by atoms with Crippen LogP contribution in [-0.4, -0.2) is 30.6 Å². The molecule has 1 aliphatic rings. The molecule has 1 atom stereocenters. The van der Waals surface area contributed by atoms with Gasteiger partial charge in [0.15, 0.2) is 0 Å². The van der Waals surface area contributed by atoms with E-state index in [0.717, 1.165) is 32.4 Å². The average Bonchev–Trinajstić information content (AvgIpc) is 2.68. The summed E-state index contributed by atoms with van der Waals surface area (Å²) in [4.78, 5) is 2.34. The van der Waals surface area contributed by atoms with Crippen LogP contribution in [0.4, 0.5) is 0 Å². The summed E-state index contributed by atoms with van der Waals surface area (Å²) < 4.78 is 0. The van der Waals surface area contributed by atoms with Gasteiger partial charge in [0.05, 0.1) is 0 Å². The molecule has 1 heterocycles. The third kappa shape index (κ3) is 3.33. The second-order valence-corrected chi connectivity index (χ2v) is 6.25. The van der Waals surface area contributed by atoms with Crippen molar-refractivity contribution in [2.45, 2.75) is 44.6 Å². The zero-order valence-electron chi connectivity index (χ0n) is 11.9. The minimum absolute atomic E-state index is 0.0332. The van der Waals surface area contributed by atoms with Crippen LogP contribution in [-0.2, 0) is 6.42 Å². The zero-order chi connectivity index (χ0) is 13.2. The van der Waals surface area contributed by atoms with Crippen molar-refractivity contribution in [3.63, 3.8) is 0 Å². The lowest BCUT2D eigenvalue weighted by Gasteiger charge is -2.23. The van der Waals surface area contributed by atoms with Gasteiger partial charge in [-0.3, -0.25) is 0 Å². The molecular weight excluding hydrogens is 220 g/mol. The predicted octanol–water partition coefficient (Wildman–Crippen LogP) is 2.78. The summed E-state index contributed by atoms with van der Waals surface area (Å²) in [7, 11) is 2.16. The average molecular weight is 246 g/mol. The molecule has 1 aromatic carbocycles. The summed E-state index contributed by atoms with van der Waals surface area (Å²) in [6, 6.07) is 9.03. The van der Waals surface area contributed by atoms with Crippen LogP contribution in [0.3, 0.4) is 0 Å². The van der Waals surface area contributed by atoms with Crippen molar-refractivity contribution in [1.29, 1.82) is 0 Å². The van der Waals surface area contributed by atoms with E-state index in [9.17, 15) is 0 Å². The molecule has 0 aliphatic carbocycles. The lowest BCUT2D eigenvalue weighted by Crippen LogP contribution is -2.42. The highest BCUT2D eigenvalue weighted by atomic mass is 15.2. The number of hydrogen-bond donors (Lipinski definition) is 1. The number of benzene rings is 1. The fourth-order valence-corrected chi connectivity index (χ4v) is 2.78. The number of nitrogens with two attached hydrogens (primary N) is 1. The molecule has 2 nitrogen and oxygen atoms in total. The molecule has 2 heteroatoms. The van der Waals surface area contributed by atoms with E-state index in [1.807, 2.05) is 0 Å². The first kappa shape index (κ1) is 13.6. The molecule has 1 saturated heterocycles. The molecule has 0 saturated carbocycles. The van der Waals surface area contributed by atoms with Crippen LogP contribution in [0.25, 0.3) is 0 Å². The molecule has 18 heavy (non-hydrogen) atoms. The molecule has 0 spiro atoms. The summed E-state index contributed by atoms with van der Waals surface area (Å²) in [6.45, 7) is 6.65. The van der Waals surface area contributed by atoms with Crippen LogP contribution in [0, 0.1) is 0 Å². The van der Waals surface area contributed by atoms with Crippen LogP contribution in [0.2, 0.25) is 0 Å². The Morgan fingerprint density at radius 1 is 1.28 bits per heavy atom. The number of hydrogen-bond acceptors (Lipinski definition) is 2. The van der Waals surface area contributed by atoms with Gasteiger partial charge in [-0.25, -0.2) is 0 Å². The summed E-state index contributed by atoms with van der Waals surface area (Å²) in [6.07, 6.45) is 3.33. The lowest BCUT2D eigenvalue weighted by molar-refractivity contribution is 0.354. The molecular formula is C16H26N2. The molecule has 2 N–H and O–H groups in total. The number of nitrogens with zero attached hydrogens (tertiary/aromatic N) is 1. The monoisotopic (exact) mass is 246 g/mol. The van der Waals surface area contributed by atoms with Crippen LogP contribution in [0.1, 0.15) is 43.7 Å². The largest absolute Gasteiger partial charge is 0.324 e. The van der Waals surface area contributed by atoms with Gasteiger partial charge < -0.3 is 10.6 Å². The minimum atomic E-state index is 0.0332. The summed E-state index contributed by atoms with van der Waals surface area (Å²) in [5.41, 5.74) is 9.30. The molecule has 2 rings (SSSR count). The molecule has 0 aromatic heterocycles. The molecule has 0 bridgehead atoms. The van der Waals surface area contributed by atoms with E-state index < -0.39 is 0 Å². The molecule has 0 amide bonds. The first-order chi connectivity index (χ1) is 8.48. The van der Waals surface area contributed by atoms with Crippen molar-refractivity contribution in [3.8, 4) is 0 Å². The van der Waals surface area contributed by atoms with Gasteiger partial charge in [0.2, 0.25) is 0 Å². The smallest absolute Gasteiger partial charge is 0.0298 e. The fourth-order valence-electron chi connectivity index (χ4n) is 2.78. The normalized spacial score (nSPS) is 24.9. The molecule has 0 radical (unpaired) electrons. The molecule has 1 aliphatic heterocycles. The van der Waals surface area contributed by atoms with Gasteiger partial charge in [-0.1, -0.05) is 38.1 Å². The third-order valence-electron chi connectivity index (χ3n) is 4.13. The Labute approximate surface area is 111 Å². The van der Waals surface area contributed by atoms with E-state index in [4.69, 9.17) is 5.73 Å². The van der Waals surface area contributed by atoms with Gasteiger partial charge in [0, 0.05) is 12.1 Å². The fraction of sp³-hybridized carbons (Fsp3) is 0.625. The van der Waals surface area contributed by atoms with Gasteiger partial charge in [-0.05, 0) is 49.9 Å². The van der Waals surface area contributed by atoms with E-state index in [0.29, 0.717) is 5.92 Å². The van der Waals surface area contributed by atoms with Crippen molar-refractivity contribution in [3.05, 3.63) is 35.4 Å². The van der Waals surface area contributed by atoms with Crippen molar-refractivity contribution < 1.29 is 0 Å². The third-order valence-corrected chi connectivity index (χ3v) is 4.13. The van der Waals surface area contributed by atoms with Gasteiger partial charge in [0.1, 0.15) is 0 Å². The van der Waals surface area contributed by atoms with Crippen LogP contribution >= 0.6 is 0 Å². The van der Waals surface area contributed by atoms with Gasteiger partial charge in [-0.2, -0.15) is 0 Å². The van der Waals surface area contributed by atoms with Crippen molar-refractivity contribution >= 4 is 0 Å². The second-order valence-electron chi connectivity index (χ2n) is 6.25. The standard InChI is InChI=1S/C16H26N2/c1-13(2)15-6-4-14(5-7-15)8-9-16(17)10-11-18(3)12-16/h4-7,13H,8-12,17H2,1-3H3. The Bertz CT molecular complexity index is 383. The van der Waals surface area contributed by atoms with E-state index in [2.05, 4.69) is 50.1 Å². The minimum Gasteiger partial charge on any atom is -0.324 e. The Morgan fingerprint density at radius 2 is 1.94 bits per heavy atom. The Hall–Kier alpha value is -0.860. The SMILES string of the molecule is CC(C)c1ccc(CCC2(N)CCN(C)C2)cc1. The summed E-state index contributed by atoms with van der Waals surface area (Å²) >= 11 is 0. The van der Waals surface area contributed by atoms with Crippen molar-refractivity contribution in [2.24, 2.45) is 5.73 Å². The van der Waals surface area contributed by atoms with Gasteiger partial charge in [0.25, 0.3) is 0 Å². The maximum atomic E-state index is 6.43. The first-order valence-corrected chi connectivity index (χ1v) is 7.05. The maximum Gasteiger partial charge on any atom is 0.0298 e. The molecule has 1 unspecified atom stereocenters. The zero-order valence-corrected chi connectivity index (χ0v) is 11.9. The number of rotatable bonds is 4. The van der Waals surface area contributed by atoms with Gasteiger partial charge >= 0.3 is 0 Å². The summed E-state index contributed by atoms with van der Waals surface area (Å²) in [5, 5.41) is 0. The predicted molar refractivity (Wildman–Crippen MR) is 77.9 cm³/mol. The molecule has 1 aromatic rings. The van der Waals surface area contributed by atoms with Crippen LogP contribution in [0.15, 0.2) is 24.3 Å². The summed E-state index contributed by atoms with van der Waals surface area (Å²) in [5.74, 6) is 0.614. The highest BCUT2D eigenvalue weighted by Crippen LogP contribution is 2.23. The first-order valence-electron chi connectivity index (χ1n) is 7.05. The van der Waals surface area contributed by atoms with Crippen LogP contribution < -0.4 is 5.73 Å². The van der Waals surface area contributed by atoms with Gasteiger partial charge in [-0.15, -0.1) is 0 Å². The van der Waals surface area contributed by atoms with E-state index in [1.165, 1.54) is 11.1 Å². The lowest BCUT2D eigenvalue weighted by atomic mass is 9.91. The second kappa shape index (κ2) is 5.41. The number of likely N-dealkylation sites (tertiary alicyclic amines) is 1. The van der Waals surface area contributed by atoms with Crippen LogP contribution in [0.5, 0.6) is 0 Å². The topological polar surface area (TPSA) is 29.3 Å². The highest BCUT2D eigenvalue weighted by Gasteiger charge is 2.31. The van der Waals surface area contributed by atoms with E-state index in [1.54, 1.807) is 0 Å². The van der Waals surface area contributed by atoms with Crippen molar-refractivity contribution in [2.75, 3.05) is 20.1 Å². The molecule has 1 fully saturated rings. The van der Waals surface area contributed by atoms with E-state index >= 15 is 0 Å². The Balaban J connectivity index is 1.90.